The van der Waals surface area contributed by atoms with Crippen molar-refractivity contribution in [1.29, 1.82) is 0 Å². The molecule has 0 spiro atoms. The highest BCUT2D eigenvalue weighted by Gasteiger charge is 2.08. The average molecular weight is 387 g/mol. The quantitative estimate of drug-likeness (QED) is 0.399. The number of nitrogens with zero attached hydrogens (tertiary/aromatic N) is 1. The number of ether oxygens (including phenoxy) is 1. The maximum absolute atomic E-state index is 9.24. The Morgan fingerprint density at radius 3 is 2.69 bits per heavy atom. The number of aromatic nitrogens is 2. The van der Waals surface area contributed by atoms with Gasteiger partial charge in [-0.25, -0.2) is 0 Å². The number of aromatic amines is 1. The molecule has 0 aliphatic rings. The first-order chi connectivity index (χ1) is 14.3. The van der Waals surface area contributed by atoms with E-state index < -0.39 is 0 Å². The minimum atomic E-state index is -0.0752. The van der Waals surface area contributed by atoms with E-state index in [9.17, 15) is 5.11 Å². The van der Waals surface area contributed by atoms with Crippen molar-refractivity contribution < 1.29 is 9.84 Å². The lowest BCUT2D eigenvalue weighted by molar-refractivity contribution is 0.277. The highest BCUT2D eigenvalue weighted by molar-refractivity contribution is 5.83. The summed E-state index contributed by atoms with van der Waals surface area (Å²) in [5.74, 6) is 0.880. The van der Waals surface area contributed by atoms with Crippen molar-refractivity contribution in [2.24, 2.45) is 0 Å². The van der Waals surface area contributed by atoms with Crippen LogP contribution in [0.2, 0.25) is 0 Å². The number of aliphatic hydroxyl groups is 1. The van der Waals surface area contributed by atoms with Gasteiger partial charge in [0.2, 0.25) is 0 Å². The molecule has 2 aromatic heterocycles. The van der Waals surface area contributed by atoms with E-state index in [0.29, 0.717) is 5.69 Å². The number of pyridine rings is 1. The Kier molecular flexibility index (Phi) is 5.77. The molecule has 0 aliphatic heterocycles. The van der Waals surface area contributed by atoms with Gasteiger partial charge in [-0.3, -0.25) is 4.98 Å². The number of H-pyrrole nitrogens is 1. The minimum Gasteiger partial charge on any atom is -0.496 e. The van der Waals surface area contributed by atoms with Gasteiger partial charge in [0.15, 0.2) is 0 Å². The third-order valence-corrected chi connectivity index (χ3v) is 5.12. The fourth-order valence-electron chi connectivity index (χ4n) is 3.65. The first-order valence-electron chi connectivity index (χ1n) is 9.81. The van der Waals surface area contributed by atoms with Crippen LogP contribution in [-0.2, 0) is 19.4 Å². The molecule has 0 amide bonds. The van der Waals surface area contributed by atoms with Crippen LogP contribution in [0, 0.1) is 0 Å². The highest BCUT2D eigenvalue weighted by Crippen LogP contribution is 2.27. The molecule has 2 heterocycles. The van der Waals surface area contributed by atoms with E-state index in [1.54, 1.807) is 13.3 Å². The Labute approximate surface area is 170 Å². The van der Waals surface area contributed by atoms with Crippen LogP contribution in [0.3, 0.4) is 0 Å². The summed E-state index contributed by atoms with van der Waals surface area (Å²) >= 11 is 0. The molecule has 0 saturated heterocycles. The number of fused-ring (bicyclic) bond motifs is 1. The largest absolute Gasteiger partial charge is 0.496 e. The molecule has 0 radical (unpaired) electrons. The number of nitrogens with one attached hydrogen (secondary N) is 2. The van der Waals surface area contributed by atoms with Gasteiger partial charge in [-0.1, -0.05) is 24.3 Å². The summed E-state index contributed by atoms with van der Waals surface area (Å²) in [6.07, 6.45) is 6.82. The third kappa shape index (κ3) is 4.41. The molecule has 0 aliphatic carbocycles. The van der Waals surface area contributed by atoms with Gasteiger partial charge < -0.3 is 20.1 Å². The number of benzene rings is 2. The van der Waals surface area contributed by atoms with Crippen molar-refractivity contribution >= 4 is 22.3 Å². The van der Waals surface area contributed by atoms with Crippen LogP contribution in [0.1, 0.15) is 23.2 Å². The second kappa shape index (κ2) is 8.80. The van der Waals surface area contributed by atoms with E-state index in [1.165, 1.54) is 22.0 Å². The zero-order chi connectivity index (χ0) is 20.1. The normalized spacial score (nSPS) is 11.0. The Balaban J connectivity index is 1.42. The molecule has 148 valence electrons. The van der Waals surface area contributed by atoms with E-state index in [0.717, 1.165) is 36.4 Å². The van der Waals surface area contributed by atoms with Crippen LogP contribution < -0.4 is 10.1 Å². The molecule has 4 rings (SSSR count). The first-order valence-corrected chi connectivity index (χ1v) is 9.81. The van der Waals surface area contributed by atoms with Crippen LogP contribution >= 0.6 is 0 Å². The Morgan fingerprint density at radius 1 is 1.00 bits per heavy atom. The van der Waals surface area contributed by atoms with E-state index >= 15 is 0 Å². The van der Waals surface area contributed by atoms with Crippen LogP contribution in [0.25, 0.3) is 10.9 Å². The third-order valence-electron chi connectivity index (χ3n) is 5.12. The maximum atomic E-state index is 9.24. The molecule has 2 aromatic carbocycles. The molecular weight excluding hydrogens is 362 g/mol. The summed E-state index contributed by atoms with van der Waals surface area (Å²) in [5.41, 5.74) is 6.21. The van der Waals surface area contributed by atoms with Gasteiger partial charge in [-0.15, -0.1) is 0 Å². The number of para-hydroxylation sites is 1. The van der Waals surface area contributed by atoms with Gasteiger partial charge in [0.25, 0.3) is 0 Å². The zero-order valence-electron chi connectivity index (χ0n) is 16.5. The molecule has 3 N–H and O–H groups in total. The molecule has 0 fully saturated rings. The monoisotopic (exact) mass is 387 g/mol. The van der Waals surface area contributed by atoms with Gasteiger partial charge in [0, 0.05) is 40.7 Å². The number of methoxy groups -OCH3 is 1. The first kappa shape index (κ1) is 19.0. The summed E-state index contributed by atoms with van der Waals surface area (Å²) < 4.78 is 5.63. The second-order valence-corrected chi connectivity index (χ2v) is 7.06. The lowest BCUT2D eigenvalue weighted by Gasteiger charge is -2.13. The molecule has 5 heteroatoms. The second-order valence-electron chi connectivity index (χ2n) is 7.06. The SMILES string of the molecule is COc1cc(Nc2ccnc(CO)c2)ccc1CCCc1c[nH]c2ccccc12. The molecular formula is C24H25N3O2. The smallest absolute Gasteiger partial charge is 0.124 e. The van der Waals surface area contributed by atoms with Gasteiger partial charge in [-0.05, 0) is 54.7 Å². The number of rotatable bonds is 8. The number of aliphatic hydroxyl groups excluding tert-OH is 1. The van der Waals surface area contributed by atoms with Gasteiger partial charge >= 0.3 is 0 Å². The fraction of sp³-hybridized carbons (Fsp3) is 0.208. The van der Waals surface area contributed by atoms with Crippen LogP contribution in [0.5, 0.6) is 5.75 Å². The molecule has 0 saturated carbocycles. The Hall–Kier alpha value is -3.31. The van der Waals surface area contributed by atoms with Crippen molar-refractivity contribution in [1.82, 2.24) is 9.97 Å². The summed E-state index contributed by atoms with van der Waals surface area (Å²) in [7, 11) is 1.71. The number of aryl methyl sites for hydroxylation is 2. The number of hydrogen-bond donors (Lipinski definition) is 3. The van der Waals surface area contributed by atoms with E-state index in [4.69, 9.17) is 4.74 Å². The van der Waals surface area contributed by atoms with Crippen molar-refractivity contribution in [3.63, 3.8) is 0 Å². The topological polar surface area (TPSA) is 70.2 Å². The standard InChI is InChI=1S/C24H25N3O2/c1-29-24-14-19(27-20-11-12-25-21(13-20)16-28)10-9-17(24)5-4-6-18-15-26-23-8-3-2-7-22(18)23/h2-3,7-15,26,28H,4-6,16H2,1H3,(H,25,27). The van der Waals surface area contributed by atoms with Crippen molar-refractivity contribution in [2.45, 2.75) is 25.9 Å². The highest BCUT2D eigenvalue weighted by atomic mass is 16.5. The minimum absolute atomic E-state index is 0.0752. The number of anilines is 2. The predicted octanol–water partition coefficient (Wildman–Crippen LogP) is 4.98. The van der Waals surface area contributed by atoms with Gasteiger partial charge in [0.1, 0.15) is 5.75 Å². The lowest BCUT2D eigenvalue weighted by atomic mass is 10.0. The molecule has 0 bridgehead atoms. The summed E-state index contributed by atoms with van der Waals surface area (Å²) in [4.78, 5) is 7.45. The van der Waals surface area contributed by atoms with Crippen LogP contribution in [-0.4, -0.2) is 22.2 Å². The molecule has 29 heavy (non-hydrogen) atoms. The average Bonchev–Trinajstić information content (AvgIpc) is 3.18. The van der Waals surface area contributed by atoms with Crippen molar-refractivity contribution in [3.05, 3.63) is 83.8 Å². The summed E-state index contributed by atoms with van der Waals surface area (Å²) in [6, 6.07) is 18.3. The lowest BCUT2D eigenvalue weighted by Crippen LogP contribution is -1.98. The van der Waals surface area contributed by atoms with Crippen molar-refractivity contribution in [2.75, 3.05) is 12.4 Å². The maximum Gasteiger partial charge on any atom is 0.124 e. The molecule has 0 atom stereocenters. The van der Waals surface area contributed by atoms with Gasteiger partial charge in [-0.2, -0.15) is 0 Å². The van der Waals surface area contributed by atoms with E-state index in [2.05, 4.69) is 57.9 Å². The van der Waals surface area contributed by atoms with Gasteiger partial charge in [0.05, 0.1) is 19.4 Å². The summed E-state index contributed by atoms with van der Waals surface area (Å²) in [6.45, 7) is -0.0752. The van der Waals surface area contributed by atoms with E-state index in [1.807, 2.05) is 18.2 Å². The Morgan fingerprint density at radius 2 is 1.83 bits per heavy atom. The fourth-order valence-corrected chi connectivity index (χ4v) is 3.65. The van der Waals surface area contributed by atoms with Crippen LogP contribution in [0.4, 0.5) is 11.4 Å². The predicted molar refractivity (Wildman–Crippen MR) is 117 cm³/mol. The molecule has 0 unspecified atom stereocenters. The Bertz CT molecular complexity index is 1100. The molecule has 5 nitrogen and oxygen atoms in total. The van der Waals surface area contributed by atoms with E-state index in [-0.39, 0.29) is 6.61 Å². The summed E-state index contributed by atoms with van der Waals surface area (Å²) in [5, 5.41) is 13.9. The zero-order valence-corrected chi connectivity index (χ0v) is 16.5. The number of hydrogen-bond acceptors (Lipinski definition) is 4. The molecule has 4 aromatic rings. The van der Waals surface area contributed by atoms with Crippen LogP contribution in [0.15, 0.2) is 67.0 Å². The van der Waals surface area contributed by atoms with Crippen molar-refractivity contribution in [3.8, 4) is 5.75 Å².